The number of hydrogen-bond acceptors (Lipinski definition) is 6. The second-order valence-electron chi connectivity index (χ2n) is 4.58. The predicted octanol–water partition coefficient (Wildman–Crippen LogP) is 2.25. The fraction of sp³-hybridized carbons (Fsp3) is 0.267. The molecule has 7 nitrogen and oxygen atoms in total. The lowest BCUT2D eigenvalue weighted by molar-refractivity contribution is -0.384. The molecule has 116 valence electrons. The molecule has 1 aromatic carbocycles. The number of methoxy groups -OCH3 is 1. The number of aliphatic hydroxyl groups excluding tert-OH is 1. The Kier molecular flexibility index (Phi) is 5.40. The number of aliphatic hydroxyl groups is 1. The van der Waals surface area contributed by atoms with Crippen molar-refractivity contribution in [2.75, 3.05) is 13.9 Å². The molecular weight excluding hydrogens is 288 g/mol. The number of benzene rings is 1. The summed E-state index contributed by atoms with van der Waals surface area (Å²) in [5, 5.41) is 20.9. The van der Waals surface area contributed by atoms with E-state index >= 15 is 0 Å². The third-order valence-corrected chi connectivity index (χ3v) is 3.02. The summed E-state index contributed by atoms with van der Waals surface area (Å²) in [6.45, 7) is 0.0585. The Labute approximate surface area is 127 Å². The van der Waals surface area contributed by atoms with Gasteiger partial charge in [-0.2, -0.15) is 0 Å². The average Bonchev–Trinajstić information content (AvgIpc) is 2.53. The molecule has 0 fully saturated rings. The SMILES string of the molecule is COCOc1cccnc1C(O)Cc1ccc([N+](=O)[O-])cc1. The molecule has 1 aromatic heterocycles. The highest BCUT2D eigenvalue weighted by Gasteiger charge is 2.16. The lowest BCUT2D eigenvalue weighted by atomic mass is 10.0. The first-order chi connectivity index (χ1) is 10.6. The number of nitrogens with zero attached hydrogens (tertiary/aromatic N) is 2. The van der Waals surface area contributed by atoms with Crippen LogP contribution in [0, 0.1) is 10.1 Å². The molecular formula is C15H16N2O5. The summed E-state index contributed by atoms with van der Waals surface area (Å²) in [6, 6.07) is 9.43. The Morgan fingerprint density at radius 2 is 2.05 bits per heavy atom. The fourth-order valence-electron chi connectivity index (χ4n) is 1.97. The summed E-state index contributed by atoms with van der Waals surface area (Å²) in [6.07, 6.45) is 0.960. The van der Waals surface area contributed by atoms with Crippen LogP contribution in [-0.4, -0.2) is 28.9 Å². The van der Waals surface area contributed by atoms with Gasteiger partial charge >= 0.3 is 0 Å². The summed E-state index contributed by atoms with van der Waals surface area (Å²) in [5.74, 6) is 0.443. The van der Waals surface area contributed by atoms with Gasteiger partial charge in [0, 0.05) is 31.9 Å². The third-order valence-electron chi connectivity index (χ3n) is 3.02. The van der Waals surface area contributed by atoms with Gasteiger partial charge in [0.15, 0.2) is 6.79 Å². The van der Waals surface area contributed by atoms with E-state index in [1.165, 1.54) is 19.2 Å². The van der Waals surface area contributed by atoms with Crippen molar-refractivity contribution in [2.24, 2.45) is 0 Å². The predicted molar refractivity (Wildman–Crippen MR) is 78.5 cm³/mol. The second-order valence-corrected chi connectivity index (χ2v) is 4.58. The number of nitro groups is 1. The highest BCUT2D eigenvalue weighted by molar-refractivity contribution is 5.34. The maximum atomic E-state index is 10.6. The van der Waals surface area contributed by atoms with Crippen molar-refractivity contribution in [2.45, 2.75) is 12.5 Å². The van der Waals surface area contributed by atoms with E-state index in [1.807, 2.05) is 0 Å². The van der Waals surface area contributed by atoms with Gasteiger partial charge in [0.1, 0.15) is 17.5 Å². The summed E-state index contributed by atoms with van der Waals surface area (Å²) in [4.78, 5) is 14.3. The molecule has 1 unspecified atom stereocenters. The fourth-order valence-corrected chi connectivity index (χ4v) is 1.97. The van der Waals surface area contributed by atoms with Crippen LogP contribution in [0.2, 0.25) is 0 Å². The van der Waals surface area contributed by atoms with Gasteiger partial charge in [0.05, 0.1) is 4.92 Å². The largest absolute Gasteiger partial charge is 0.466 e. The third kappa shape index (κ3) is 4.00. The van der Waals surface area contributed by atoms with Crippen LogP contribution < -0.4 is 4.74 Å². The van der Waals surface area contributed by atoms with Crippen molar-refractivity contribution in [1.82, 2.24) is 4.98 Å². The Balaban J connectivity index is 2.11. The van der Waals surface area contributed by atoms with Crippen LogP contribution in [0.4, 0.5) is 5.69 Å². The van der Waals surface area contributed by atoms with Crippen LogP contribution in [0.3, 0.4) is 0 Å². The van der Waals surface area contributed by atoms with Crippen molar-refractivity contribution >= 4 is 5.69 Å². The number of aromatic nitrogens is 1. The first kappa shape index (κ1) is 15.9. The number of pyridine rings is 1. The van der Waals surface area contributed by atoms with E-state index in [2.05, 4.69) is 4.98 Å². The van der Waals surface area contributed by atoms with E-state index in [0.29, 0.717) is 11.4 Å². The summed E-state index contributed by atoms with van der Waals surface area (Å²) >= 11 is 0. The molecule has 7 heteroatoms. The molecule has 1 N–H and O–H groups in total. The molecule has 0 radical (unpaired) electrons. The lowest BCUT2D eigenvalue weighted by Crippen LogP contribution is -2.09. The Bertz CT molecular complexity index is 630. The zero-order valence-corrected chi connectivity index (χ0v) is 12.0. The minimum absolute atomic E-state index is 0.0141. The number of non-ortho nitro benzene ring substituents is 1. The van der Waals surface area contributed by atoms with Crippen molar-refractivity contribution in [3.8, 4) is 5.75 Å². The maximum Gasteiger partial charge on any atom is 0.269 e. The summed E-state index contributed by atoms with van der Waals surface area (Å²) in [7, 11) is 1.50. The minimum atomic E-state index is -0.880. The first-order valence-electron chi connectivity index (χ1n) is 6.60. The van der Waals surface area contributed by atoms with Crippen LogP contribution >= 0.6 is 0 Å². The molecule has 0 bridgehead atoms. The lowest BCUT2D eigenvalue weighted by Gasteiger charge is -2.14. The quantitative estimate of drug-likeness (QED) is 0.479. The van der Waals surface area contributed by atoms with Gasteiger partial charge in [-0.3, -0.25) is 15.1 Å². The molecule has 0 spiro atoms. The Hall–Kier alpha value is -2.51. The van der Waals surface area contributed by atoms with Gasteiger partial charge < -0.3 is 14.6 Å². The van der Waals surface area contributed by atoms with Crippen molar-refractivity contribution in [1.29, 1.82) is 0 Å². The molecule has 0 amide bonds. The van der Waals surface area contributed by atoms with Gasteiger partial charge in [0.2, 0.25) is 0 Å². The highest BCUT2D eigenvalue weighted by atomic mass is 16.7. The number of rotatable bonds is 7. The van der Waals surface area contributed by atoms with Crippen LogP contribution in [0.15, 0.2) is 42.6 Å². The topological polar surface area (TPSA) is 94.7 Å². The molecule has 22 heavy (non-hydrogen) atoms. The van der Waals surface area contributed by atoms with E-state index in [4.69, 9.17) is 9.47 Å². The molecule has 0 aliphatic heterocycles. The molecule has 0 aliphatic rings. The minimum Gasteiger partial charge on any atom is -0.466 e. The summed E-state index contributed by atoms with van der Waals surface area (Å²) < 4.78 is 10.2. The van der Waals surface area contributed by atoms with E-state index in [1.54, 1.807) is 30.5 Å². The number of ether oxygens (including phenoxy) is 2. The van der Waals surface area contributed by atoms with Crippen LogP contribution in [0.25, 0.3) is 0 Å². The number of nitro benzene ring substituents is 1. The summed E-state index contributed by atoms with van der Waals surface area (Å²) in [5.41, 5.74) is 1.18. The monoisotopic (exact) mass is 304 g/mol. The van der Waals surface area contributed by atoms with Crippen molar-refractivity contribution < 1.29 is 19.5 Å². The molecule has 0 aliphatic carbocycles. The van der Waals surface area contributed by atoms with Crippen LogP contribution in [0.1, 0.15) is 17.4 Å². The highest BCUT2D eigenvalue weighted by Crippen LogP contribution is 2.26. The van der Waals surface area contributed by atoms with Crippen molar-refractivity contribution in [3.05, 3.63) is 64.0 Å². The van der Waals surface area contributed by atoms with Gasteiger partial charge in [-0.25, -0.2) is 0 Å². The smallest absolute Gasteiger partial charge is 0.269 e. The Morgan fingerprint density at radius 3 is 2.68 bits per heavy atom. The molecule has 1 heterocycles. The van der Waals surface area contributed by atoms with E-state index < -0.39 is 11.0 Å². The average molecular weight is 304 g/mol. The van der Waals surface area contributed by atoms with Gasteiger partial charge in [-0.15, -0.1) is 0 Å². The maximum absolute atomic E-state index is 10.6. The molecule has 0 saturated carbocycles. The second kappa shape index (κ2) is 7.48. The zero-order valence-electron chi connectivity index (χ0n) is 12.0. The Morgan fingerprint density at radius 1 is 1.32 bits per heavy atom. The standard InChI is InChI=1S/C15H16N2O5/c1-21-10-22-14-3-2-8-16-15(14)13(18)9-11-4-6-12(7-5-11)17(19)20/h2-8,13,18H,9-10H2,1H3. The number of hydrogen-bond donors (Lipinski definition) is 1. The first-order valence-corrected chi connectivity index (χ1v) is 6.60. The van der Waals surface area contributed by atoms with E-state index in [9.17, 15) is 15.2 Å². The van der Waals surface area contributed by atoms with E-state index in [-0.39, 0.29) is 18.9 Å². The molecule has 1 atom stereocenters. The normalized spacial score (nSPS) is 11.9. The van der Waals surface area contributed by atoms with Gasteiger partial charge in [-0.1, -0.05) is 12.1 Å². The van der Waals surface area contributed by atoms with Crippen molar-refractivity contribution in [3.63, 3.8) is 0 Å². The molecule has 2 aromatic rings. The van der Waals surface area contributed by atoms with Gasteiger partial charge in [-0.05, 0) is 17.7 Å². The van der Waals surface area contributed by atoms with Crippen LogP contribution in [-0.2, 0) is 11.2 Å². The molecule has 2 rings (SSSR count). The zero-order chi connectivity index (χ0) is 15.9. The van der Waals surface area contributed by atoms with Gasteiger partial charge in [0.25, 0.3) is 5.69 Å². The van der Waals surface area contributed by atoms with E-state index in [0.717, 1.165) is 5.56 Å². The van der Waals surface area contributed by atoms with Crippen LogP contribution in [0.5, 0.6) is 5.75 Å². The molecule has 0 saturated heterocycles.